The smallest absolute Gasteiger partial charge is 0.252 e. The van der Waals surface area contributed by atoms with Gasteiger partial charge in [0.15, 0.2) is 0 Å². The molecule has 0 radical (unpaired) electrons. The highest BCUT2D eigenvalue weighted by Crippen LogP contribution is 2.17. The van der Waals surface area contributed by atoms with Crippen molar-refractivity contribution in [2.45, 2.75) is 19.4 Å². The van der Waals surface area contributed by atoms with Crippen molar-refractivity contribution in [3.63, 3.8) is 0 Å². The van der Waals surface area contributed by atoms with Crippen molar-refractivity contribution in [1.29, 1.82) is 0 Å². The maximum Gasteiger partial charge on any atom is 0.252 e. The number of hydrogen-bond acceptors (Lipinski definition) is 3. The molecule has 1 amide bonds. The second-order valence-corrected chi connectivity index (χ2v) is 7.43. The SMILES string of the molecule is CC(C)(CNC(=O)c1cccc2[nH]ccc12)NS(C)(=O)=O. The summed E-state index contributed by atoms with van der Waals surface area (Å²) in [6.07, 6.45) is 2.87. The average Bonchev–Trinajstić information content (AvgIpc) is 2.81. The summed E-state index contributed by atoms with van der Waals surface area (Å²) in [5, 5.41) is 3.60. The summed E-state index contributed by atoms with van der Waals surface area (Å²) in [7, 11) is -3.33. The third kappa shape index (κ3) is 4.05. The van der Waals surface area contributed by atoms with E-state index in [0.717, 1.165) is 17.2 Å². The summed E-state index contributed by atoms with van der Waals surface area (Å²) in [6.45, 7) is 3.62. The number of aromatic amines is 1. The number of nitrogens with one attached hydrogen (secondary N) is 3. The maximum atomic E-state index is 12.3. The van der Waals surface area contributed by atoms with Gasteiger partial charge in [-0.1, -0.05) is 6.07 Å². The van der Waals surface area contributed by atoms with Gasteiger partial charge < -0.3 is 10.3 Å². The Labute approximate surface area is 124 Å². The number of amides is 1. The number of hydrogen-bond donors (Lipinski definition) is 3. The van der Waals surface area contributed by atoms with Crippen LogP contribution in [-0.2, 0) is 10.0 Å². The van der Waals surface area contributed by atoms with Crippen molar-refractivity contribution in [3.05, 3.63) is 36.0 Å². The van der Waals surface area contributed by atoms with E-state index in [0.29, 0.717) is 5.56 Å². The van der Waals surface area contributed by atoms with Crippen LogP contribution >= 0.6 is 0 Å². The van der Waals surface area contributed by atoms with Gasteiger partial charge in [-0.3, -0.25) is 4.79 Å². The summed E-state index contributed by atoms with van der Waals surface area (Å²) < 4.78 is 25.0. The number of benzene rings is 1. The molecule has 1 heterocycles. The Bertz CT molecular complexity index is 763. The lowest BCUT2D eigenvalue weighted by atomic mass is 10.1. The van der Waals surface area contributed by atoms with Gasteiger partial charge in [-0.15, -0.1) is 0 Å². The third-order valence-electron chi connectivity index (χ3n) is 2.99. The molecule has 0 unspecified atom stereocenters. The van der Waals surface area contributed by atoms with Gasteiger partial charge in [-0.25, -0.2) is 13.1 Å². The Morgan fingerprint density at radius 1 is 1.29 bits per heavy atom. The van der Waals surface area contributed by atoms with Gasteiger partial charge in [0.25, 0.3) is 5.91 Å². The number of carbonyl (C=O) groups is 1. The van der Waals surface area contributed by atoms with Crippen molar-refractivity contribution in [3.8, 4) is 0 Å². The van der Waals surface area contributed by atoms with Crippen LogP contribution in [0.5, 0.6) is 0 Å². The Hall–Kier alpha value is -1.86. The predicted octanol–water partition coefficient (Wildman–Crippen LogP) is 1.23. The van der Waals surface area contributed by atoms with E-state index >= 15 is 0 Å². The van der Waals surface area contributed by atoms with Crippen molar-refractivity contribution in [2.24, 2.45) is 0 Å². The summed E-state index contributed by atoms with van der Waals surface area (Å²) in [5.41, 5.74) is 0.690. The molecular weight excluding hydrogens is 290 g/mol. The number of rotatable bonds is 5. The van der Waals surface area contributed by atoms with Crippen molar-refractivity contribution < 1.29 is 13.2 Å². The minimum Gasteiger partial charge on any atom is -0.361 e. The Morgan fingerprint density at radius 2 is 2.00 bits per heavy atom. The lowest BCUT2D eigenvalue weighted by Gasteiger charge is -2.25. The molecule has 0 atom stereocenters. The molecule has 0 aliphatic heterocycles. The maximum absolute atomic E-state index is 12.3. The molecular formula is C14H19N3O3S. The zero-order valence-electron chi connectivity index (χ0n) is 12.2. The minimum atomic E-state index is -3.33. The molecule has 2 aromatic rings. The summed E-state index contributed by atoms with van der Waals surface area (Å²) in [4.78, 5) is 15.3. The zero-order chi connectivity index (χ0) is 15.7. The molecule has 3 N–H and O–H groups in total. The number of H-pyrrole nitrogens is 1. The quantitative estimate of drug-likeness (QED) is 0.775. The van der Waals surface area contributed by atoms with E-state index in [1.165, 1.54) is 0 Å². The first-order valence-corrected chi connectivity index (χ1v) is 8.40. The van der Waals surface area contributed by atoms with Gasteiger partial charge in [0.1, 0.15) is 0 Å². The van der Waals surface area contributed by atoms with Gasteiger partial charge in [-0.05, 0) is 32.0 Å². The van der Waals surface area contributed by atoms with E-state index in [9.17, 15) is 13.2 Å². The monoisotopic (exact) mass is 309 g/mol. The lowest BCUT2D eigenvalue weighted by Crippen LogP contribution is -2.51. The Morgan fingerprint density at radius 3 is 2.67 bits per heavy atom. The Balaban J connectivity index is 2.10. The molecule has 21 heavy (non-hydrogen) atoms. The molecule has 0 bridgehead atoms. The van der Waals surface area contributed by atoms with Crippen molar-refractivity contribution >= 4 is 26.8 Å². The van der Waals surface area contributed by atoms with E-state index in [-0.39, 0.29) is 12.5 Å². The van der Waals surface area contributed by atoms with Crippen LogP contribution in [0, 0.1) is 0 Å². The second kappa shape index (κ2) is 5.50. The van der Waals surface area contributed by atoms with Gasteiger partial charge in [-0.2, -0.15) is 0 Å². The number of aromatic nitrogens is 1. The standard InChI is InChI=1S/C14H19N3O3S/c1-14(2,17-21(3,19)20)9-16-13(18)11-5-4-6-12-10(11)7-8-15-12/h4-8,15,17H,9H2,1-3H3,(H,16,18). The van der Waals surface area contributed by atoms with Crippen LogP contribution in [0.1, 0.15) is 24.2 Å². The molecule has 114 valence electrons. The minimum absolute atomic E-state index is 0.194. The molecule has 7 heteroatoms. The highest BCUT2D eigenvalue weighted by molar-refractivity contribution is 7.88. The zero-order valence-corrected chi connectivity index (χ0v) is 13.0. The van der Waals surface area contributed by atoms with Gasteiger partial charge >= 0.3 is 0 Å². The summed E-state index contributed by atoms with van der Waals surface area (Å²) >= 11 is 0. The summed E-state index contributed by atoms with van der Waals surface area (Å²) in [5.74, 6) is -0.233. The predicted molar refractivity (Wildman–Crippen MR) is 82.7 cm³/mol. The van der Waals surface area contributed by atoms with E-state index in [1.807, 2.05) is 12.1 Å². The van der Waals surface area contributed by atoms with Crippen molar-refractivity contribution in [2.75, 3.05) is 12.8 Å². The van der Waals surface area contributed by atoms with Crippen LogP contribution in [0.25, 0.3) is 10.9 Å². The van der Waals surface area contributed by atoms with Crippen LogP contribution in [-0.4, -0.2) is 37.6 Å². The molecule has 1 aromatic carbocycles. The molecule has 0 saturated carbocycles. The van der Waals surface area contributed by atoms with Crippen LogP contribution in [0.3, 0.4) is 0 Å². The largest absolute Gasteiger partial charge is 0.361 e. The van der Waals surface area contributed by atoms with Crippen LogP contribution in [0.15, 0.2) is 30.5 Å². The lowest BCUT2D eigenvalue weighted by molar-refractivity contribution is 0.0946. The summed E-state index contributed by atoms with van der Waals surface area (Å²) in [6, 6.07) is 7.27. The van der Waals surface area contributed by atoms with Crippen LogP contribution in [0.2, 0.25) is 0 Å². The number of carbonyl (C=O) groups excluding carboxylic acids is 1. The molecule has 2 rings (SSSR count). The first-order chi connectivity index (χ1) is 9.68. The highest BCUT2D eigenvalue weighted by atomic mass is 32.2. The Kier molecular flexibility index (Phi) is 4.06. The van der Waals surface area contributed by atoms with Gasteiger partial charge in [0.2, 0.25) is 10.0 Å². The molecule has 0 aliphatic carbocycles. The van der Waals surface area contributed by atoms with E-state index in [4.69, 9.17) is 0 Å². The first-order valence-electron chi connectivity index (χ1n) is 6.51. The second-order valence-electron chi connectivity index (χ2n) is 5.69. The molecule has 1 aromatic heterocycles. The topological polar surface area (TPSA) is 91.1 Å². The third-order valence-corrected chi connectivity index (χ3v) is 3.92. The van der Waals surface area contributed by atoms with E-state index in [2.05, 4.69) is 15.0 Å². The van der Waals surface area contributed by atoms with E-state index in [1.54, 1.807) is 32.2 Å². The molecule has 0 aliphatic rings. The van der Waals surface area contributed by atoms with Crippen molar-refractivity contribution in [1.82, 2.24) is 15.0 Å². The van der Waals surface area contributed by atoms with Gasteiger partial charge in [0.05, 0.1) is 6.26 Å². The molecule has 0 fully saturated rings. The average molecular weight is 309 g/mol. The van der Waals surface area contributed by atoms with Crippen LogP contribution in [0.4, 0.5) is 0 Å². The highest BCUT2D eigenvalue weighted by Gasteiger charge is 2.23. The van der Waals surface area contributed by atoms with E-state index < -0.39 is 15.6 Å². The number of sulfonamides is 1. The van der Waals surface area contributed by atoms with Crippen LogP contribution < -0.4 is 10.0 Å². The fourth-order valence-corrected chi connectivity index (χ4v) is 3.29. The fraction of sp³-hybridized carbons (Fsp3) is 0.357. The molecule has 6 nitrogen and oxygen atoms in total. The molecule has 0 saturated heterocycles. The number of fused-ring (bicyclic) bond motifs is 1. The normalized spacial score (nSPS) is 12.5. The molecule has 0 spiro atoms. The first kappa shape index (κ1) is 15.5. The van der Waals surface area contributed by atoms with Gasteiger partial charge in [0, 0.05) is 34.7 Å². The fourth-order valence-electron chi connectivity index (χ4n) is 2.22.